The van der Waals surface area contributed by atoms with Crippen LogP contribution in [0.3, 0.4) is 0 Å². The van der Waals surface area contributed by atoms with Crippen molar-refractivity contribution in [3.05, 3.63) is 4.91 Å². The standard InChI is InChI=1S/C2H4F2N2O/c3-2(4)1-5-6-7/h2H,1H2,(H,5,7). The fourth-order valence-electron chi connectivity index (χ4n) is 0.106. The van der Waals surface area contributed by atoms with Crippen molar-refractivity contribution >= 4 is 0 Å². The molecule has 1 N–H and O–H groups in total. The summed E-state index contributed by atoms with van der Waals surface area (Å²) >= 11 is 0. The minimum absolute atomic E-state index is 0.663. The zero-order chi connectivity index (χ0) is 5.70. The molecule has 7 heavy (non-hydrogen) atoms. The van der Waals surface area contributed by atoms with Crippen molar-refractivity contribution in [2.45, 2.75) is 6.43 Å². The normalized spacial score (nSPS) is 9.00. The third-order valence-electron chi connectivity index (χ3n) is 0.310. The Balaban J connectivity index is 2.81. The van der Waals surface area contributed by atoms with Crippen molar-refractivity contribution in [2.24, 2.45) is 5.29 Å². The molecule has 0 saturated heterocycles. The largest absolute Gasteiger partial charge is 0.268 e. The van der Waals surface area contributed by atoms with E-state index >= 15 is 0 Å². The molecule has 0 fully saturated rings. The quantitative estimate of drug-likeness (QED) is 0.425. The van der Waals surface area contributed by atoms with E-state index in [1.54, 1.807) is 5.43 Å². The van der Waals surface area contributed by atoms with Gasteiger partial charge in [-0.25, -0.2) is 8.78 Å². The number of nitroso groups, excluding NO2 is 1. The lowest BCUT2D eigenvalue weighted by atomic mass is 10.7. The monoisotopic (exact) mass is 110 g/mol. The molecule has 0 heterocycles. The van der Waals surface area contributed by atoms with E-state index in [0.29, 0.717) is 0 Å². The Labute approximate surface area is 38.6 Å². The fraction of sp³-hybridized carbons (Fsp3) is 1.00. The summed E-state index contributed by atoms with van der Waals surface area (Å²) in [5.41, 5.74) is 1.57. The number of nitrogens with one attached hydrogen (secondary N) is 1. The maximum Gasteiger partial charge on any atom is 0.257 e. The van der Waals surface area contributed by atoms with Crippen LogP contribution in [-0.4, -0.2) is 13.0 Å². The predicted octanol–water partition coefficient (Wildman–Crippen LogP) is 0.522. The third kappa shape index (κ3) is 5.26. The predicted molar refractivity (Wildman–Crippen MR) is 19.8 cm³/mol. The number of rotatable bonds is 3. The summed E-state index contributed by atoms with van der Waals surface area (Å²) in [7, 11) is 0. The maximum atomic E-state index is 11.0. The van der Waals surface area contributed by atoms with E-state index in [2.05, 4.69) is 0 Å². The molecule has 0 aromatic rings. The van der Waals surface area contributed by atoms with Gasteiger partial charge in [0.25, 0.3) is 6.43 Å². The average Bonchev–Trinajstić information content (AvgIpc) is 1.61. The second kappa shape index (κ2) is 3.45. The zero-order valence-electron chi connectivity index (χ0n) is 3.40. The third-order valence-corrected chi connectivity index (χ3v) is 0.310. The molecule has 0 aliphatic heterocycles. The Morgan fingerprint density at radius 2 is 2.29 bits per heavy atom. The molecule has 0 aliphatic carbocycles. The molecule has 0 bridgehead atoms. The van der Waals surface area contributed by atoms with Crippen LogP contribution in [0, 0.1) is 4.91 Å². The van der Waals surface area contributed by atoms with E-state index in [-0.39, 0.29) is 0 Å². The first kappa shape index (κ1) is 6.26. The highest BCUT2D eigenvalue weighted by Gasteiger charge is 1.97. The molecule has 0 radical (unpaired) electrons. The topological polar surface area (TPSA) is 41.5 Å². The average molecular weight is 110 g/mol. The first-order chi connectivity index (χ1) is 3.27. The van der Waals surface area contributed by atoms with E-state index in [0.717, 1.165) is 0 Å². The van der Waals surface area contributed by atoms with Crippen LogP contribution >= 0.6 is 0 Å². The van der Waals surface area contributed by atoms with Crippen LogP contribution in [0.5, 0.6) is 0 Å². The van der Waals surface area contributed by atoms with Gasteiger partial charge in [-0.05, 0) is 0 Å². The van der Waals surface area contributed by atoms with Crippen LogP contribution < -0.4 is 5.43 Å². The Morgan fingerprint density at radius 1 is 1.71 bits per heavy atom. The fourth-order valence-corrected chi connectivity index (χ4v) is 0.106. The van der Waals surface area contributed by atoms with Gasteiger partial charge in [-0.2, -0.15) is 0 Å². The molecule has 3 nitrogen and oxygen atoms in total. The summed E-state index contributed by atoms with van der Waals surface area (Å²) in [5, 5.41) is 2.00. The minimum atomic E-state index is -2.50. The Bertz CT molecular complexity index is 57.7. The summed E-state index contributed by atoms with van der Waals surface area (Å²) in [6.45, 7) is -0.663. The molecule has 0 spiro atoms. The molecule has 0 amide bonds. The van der Waals surface area contributed by atoms with Crippen molar-refractivity contribution < 1.29 is 8.78 Å². The minimum Gasteiger partial charge on any atom is -0.268 e. The molecule has 5 heteroatoms. The number of halogens is 2. The smallest absolute Gasteiger partial charge is 0.257 e. The van der Waals surface area contributed by atoms with Crippen molar-refractivity contribution in [2.75, 3.05) is 6.54 Å². The summed E-state index contributed by atoms with van der Waals surface area (Å²) in [4.78, 5) is 9.01. The van der Waals surface area contributed by atoms with E-state index in [1.807, 2.05) is 5.29 Å². The van der Waals surface area contributed by atoms with E-state index in [1.165, 1.54) is 0 Å². The first-order valence-corrected chi connectivity index (χ1v) is 1.60. The van der Waals surface area contributed by atoms with E-state index in [9.17, 15) is 8.78 Å². The maximum absolute atomic E-state index is 11.0. The number of hydrogen-bond acceptors (Lipinski definition) is 2. The second-order valence-electron chi connectivity index (χ2n) is 0.845. The Kier molecular flexibility index (Phi) is 3.09. The molecule has 0 aromatic carbocycles. The van der Waals surface area contributed by atoms with Gasteiger partial charge in [0.2, 0.25) is 0 Å². The van der Waals surface area contributed by atoms with Crippen LogP contribution in [0.4, 0.5) is 8.78 Å². The molecule has 0 aliphatic rings. The first-order valence-electron chi connectivity index (χ1n) is 1.60. The Morgan fingerprint density at radius 3 is 2.43 bits per heavy atom. The van der Waals surface area contributed by atoms with Gasteiger partial charge in [0.1, 0.15) is 0 Å². The number of nitrogens with zero attached hydrogens (tertiary/aromatic N) is 1. The van der Waals surface area contributed by atoms with Gasteiger partial charge in [0.05, 0.1) is 6.54 Å². The lowest BCUT2D eigenvalue weighted by Crippen LogP contribution is -2.13. The van der Waals surface area contributed by atoms with E-state index < -0.39 is 13.0 Å². The SMILES string of the molecule is O=NNCC(F)F. The van der Waals surface area contributed by atoms with Crippen molar-refractivity contribution in [3.63, 3.8) is 0 Å². The van der Waals surface area contributed by atoms with Gasteiger partial charge in [-0.3, -0.25) is 5.43 Å². The van der Waals surface area contributed by atoms with Crippen LogP contribution in [0.1, 0.15) is 0 Å². The summed E-state index contributed by atoms with van der Waals surface area (Å²) < 4.78 is 21.9. The highest BCUT2D eigenvalue weighted by atomic mass is 19.3. The molecular formula is C2H4F2N2O. The van der Waals surface area contributed by atoms with Crippen LogP contribution in [0.2, 0.25) is 0 Å². The van der Waals surface area contributed by atoms with Crippen molar-refractivity contribution in [1.82, 2.24) is 5.43 Å². The van der Waals surface area contributed by atoms with Crippen molar-refractivity contribution in [3.8, 4) is 0 Å². The zero-order valence-corrected chi connectivity index (χ0v) is 3.40. The van der Waals surface area contributed by atoms with Crippen LogP contribution in [0.15, 0.2) is 5.29 Å². The molecule has 0 saturated carbocycles. The van der Waals surface area contributed by atoms with Crippen molar-refractivity contribution in [1.29, 1.82) is 0 Å². The molecule has 0 unspecified atom stereocenters. The number of hydrogen-bond donors (Lipinski definition) is 1. The molecule has 0 aromatic heterocycles. The van der Waals surface area contributed by atoms with Crippen LogP contribution in [0.25, 0.3) is 0 Å². The highest BCUT2D eigenvalue weighted by molar-refractivity contribution is 4.38. The molecular weight excluding hydrogens is 106 g/mol. The van der Waals surface area contributed by atoms with Gasteiger partial charge < -0.3 is 0 Å². The highest BCUT2D eigenvalue weighted by Crippen LogP contribution is 1.85. The van der Waals surface area contributed by atoms with Gasteiger partial charge in [0, 0.05) is 5.29 Å². The van der Waals surface area contributed by atoms with Crippen LogP contribution in [-0.2, 0) is 0 Å². The molecule has 0 rings (SSSR count). The lowest BCUT2D eigenvalue weighted by Gasteiger charge is -1.90. The molecule has 0 atom stereocenters. The second-order valence-corrected chi connectivity index (χ2v) is 0.845. The number of alkyl halides is 2. The van der Waals surface area contributed by atoms with E-state index in [4.69, 9.17) is 4.91 Å². The van der Waals surface area contributed by atoms with Gasteiger partial charge >= 0.3 is 0 Å². The van der Waals surface area contributed by atoms with Gasteiger partial charge in [0.15, 0.2) is 0 Å². The summed E-state index contributed by atoms with van der Waals surface area (Å²) in [6, 6.07) is 0. The molecule has 42 valence electrons. The summed E-state index contributed by atoms with van der Waals surface area (Å²) in [5.74, 6) is 0. The summed E-state index contributed by atoms with van der Waals surface area (Å²) in [6.07, 6.45) is -2.50. The Hall–Kier alpha value is -0.740. The van der Waals surface area contributed by atoms with Gasteiger partial charge in [-0.1, -0.05) is 0 Å². The lowest BCUT2D eigenvalue weighted by molar-refractivity contribution is 0.146. The van der Waals surface area contributed by atoms with Gasteiger partial charge in [-0.15, -0.1) is 4.91 Å².